The quantitative estimate of drug-likeness (QED) is 0.671. The Bertz CT molecular complexity index is 320. The smallest absolute Gasteiger partial charge is 0.123 e. The van der Waals surface area contributed by atoms with Gasteiger partial charge in [-0.3, -0.25) is 0 Å². The molecule has 1 aromatic rings. The van der Waals surface area contributed by atoms with E-state index in [0.717, 1.165) is 12.0 Å². The second kappa shape index (κ2) is 5.11. The van der Waals surface area contributed by atoms with Crippen molar-refractivity contribution in [1.82, 2.24) is 0 Å². The van der Waals surface area contributed by atoms with Gasteiger partial charge in [-0.1, -0.05) is 51.5 Å². The summed E-state index contributed by atoms with van der Waals surface area (Å²) in [6, 6.07) is 6.57. The number of hydrogen-bond donors (Lipinski definition) is 0. The van der Waals surface area contributed by atoms with Crippen LogP contribution in [0.15, 0.2) is 30.3 Å². The monoisotopic (exact) mass is 206 g/mol. The van der Waals surface area contributed by atoms with Gasteiger partial charge in [-0.2, -0.15) is 0 Å². The molecular weight excluding hydrogens is 187 g/mol. The third-order valence-corrected chi connectivity index (χ3v) is 2.81. The van der Waals surface area contributed by atoms with E-state index in [1.54, 1.807) is 12.1 Å². The Kier molecular flexibility index (Phi) is 4.07. The highest BCUT2D eigenvalue weighted by Gasteiger charge is 2.11. The van der Waals surface area contributed by atoms with E-state index in [-0.39, 0.29) is 5.82 Å². The minimum absolute atomic E-state index is 0.180. The summed E-state index contributed by atoms with van der Waals surface area (Å²) in [5.74, 6) is -0.180. The molecule has 1 heteroatoms. The Labute approximate surface area is 91.8 Å². The average molecular weight is 206 g/mol. The molecule has 0 aromatic heterocycles. The minimum Gasteiger partial charge on any atom is -0.207 e. The molecular formula is C14H19F. The Morgan fingerprint density at radius 3 is 2.33 bits per heavy atom. The maximum Gasteiger partial charge on any atom is 0.123 e. The fourth-order valence-electron chi connectivity index (χ4n) is 1.23. The first kappa shape index (κ1) is 12.0. The van der Waals surface area contributed by atoms with Crippen molar-refractivity contribution in [1.29, 1.82) is 0 Å². The van der Waals surface area contributed by atoms with Gasteiger partial charge in [0.2, 0.25) is 0 Å². The van der Waals surface area contributed by atoms with Crippen LogP contribution in [0.3, 0.4) is 0 Å². The van der Waals surface area contributed by atoms with Crippen molar-refractivity contribution in [2.24, 2.45) is 5.41 Å². The van der Waals surface area contributed by atoms with Gasteiger partial charge in [-0.05, 0) is 29.5 Å². The third-order valence-electron chi connectivity index (χ3n) is 2.81. The first-order valence-electron chi connectivity index (χ1n) is 5.45. The maximum absolute atomic E-state index is 12.6. The van der Waals surface area contributed by atoms with Crippen molar-refractivity contribution in [2.45, 2.75) is 33.6 Å². The highest BCUT2D eigenvalue weighted by atomic mass is 19.1. The third kappa shape index (κ3) is 4.28. The fourth-order valence-corrected chi connectivity index (χ4v) is 1.23. The van der Waals surface area contributed by atoms with Gasteiger partial charge < -0.3 is 0 Å². The zero-order chi connectivity index (χ0) is 11.3. The van der Waals surface area contributed by atoms with Crippen molar-refractivity contribution in [3.05, 3.63) is 41.7 Å². The first-order valence-corrected chi connectivity index (χ1v) is 5.45. The van der Waals surface area contributed by atoms with Gasteiger partial charge in [0.05, 0.1) is 0 Å². The van der Waals surface area contributed by atoms with Gasteiger partial charge >= 0.3 is 0 Å². The Morgan fingerprint density at radius 1 is 1.20 bits per heavy atom. The number of rotatable bonds is 4. The molecule has 82 valence electrons. The SMILES string of the molecule is CCC(C)(C)C/C=C/c1ccc(F)cc1. The molecule has 0 nitrogen and oxygen atoms in total. The molecule has 0 heterocycles. The van der Waals surface area contributed by atoms with E-state index in [2.05, 4.69) is 32.9 Å². The summed E-state index contributed by atoms with van der Waals surface area (Å²) in [6.07, 6.45) is 6.44. The molecule has 0 spiro atoms. The number of halogens is 1. The van der Waals surface area contributed by atoms with E-state index in [1.165, 1.54) is 18.6 Å². The highest BCUT2D eigenvalue weighted by molar-refractivity contribution is 5.48. The molecule has 0 saturated heterocycles. The van der Waals surface area contributed by atoms with E-state index >= 15 is 0 Å². The lowest BCUT2D eigenvalue weighted by molar-refractivity contribution is 0.357. The molecule has 1 rings (SSSR count). The molecule has 0 N–H and O–H groups in total. The van der Waals surface area contributed by atoms with Crippen molar-refractivity contribution >= 4 is 6.08 Å². The van der Waals surface area contributed by atoms with Crippen molar-refractivity contribution < 1.29 is 4.39 Å². The molecule has 0 atom stereocenters. The van der Waals surface area contributed by atoms with E-state index in [9.17, 15) is 4.39 Å². The lowest BCUT2D eigenvalue weighted by Crippen LogP contribution is -2.06. The van der Waals surface area contributed by atoms with Gasteiger partial charge in [0.15, 0.2) is 0 Å². The van der Waals surface area contributed by atoms with Gasteiger partial charge in [-0.25, -0.2) is 4.39 Å². The lowest BCUT2D eigenvalue weighted by atomic mass is 9.86. The topological polar surface area (TPSA) is 0 Å². The van der Waals surface area contributed by atoms with Crippen LogP contribution in [0.1, 0.15) is 39.2 Å². The molecule has 1 aromatic carbocycles. The Hall–Kier alpha value is -1.11. The van der Waals surface area contributed by atoms with Crippen LogP contribution in [0.5, 0.6) is 0 Å². The standard InChI is InChI=1S/C14H19F/c1-4-14(2,3)11-5-6-12-7-9-13(15)10-8-12/h5-10H,4,11H2,1-3H3/b6-5+. The Morgan fingerprint density at radius 2 is 1.80 bits per heavy atom. The largest absolute Gasteiger partial charge is 0.207 e. The number of benzene rings is 1. The van der Waals surface area contributed by atoms with Crippen LogP contribution in [0, 0.1) is 11.2 Å². The molecule has 0 unspecified atom stereocenters. The number of allylic oxidation sites excluding steroid dienone is 1. The van der Waals surface area contributed by atoms with Gasteiger partial charge in [0.25, 0.3) is 0 Å². The van der Waals surface area contributed by atoms with Crippen molar-refractivity contribution in [3.63, 3.8) is 0 Å². The molecule has 0 amide bonds. The molecule has 0 aliphatic rings. The lowest BCUT2D eigenvalue weighted by Gasteiger charge is -2.19. The van der Waals surface area contributed by atoms with Crippen LogP contribution in [-0.4, -0.2) is 0 Å². The van der Waals surface area contributed by atoms with E-state index in [4.69, 9.17) is 0 Å². The minimum atomic E-state index is -0.180. The van der Waals surface area contributed by atoms with E-state index < -0.39 is 0 Å². The zero-order valence-corrected chi connectivity index (χ0v) is 9.76. The summed E-state index contributed by atoms with van der Waals surface area (Å²) in [4.78, 5) is 0. The molecule has 0 saturated carbocycles. The average Bonchev–Trinajstić information content (AvgIpc) is 2.21. The van der Waals surface area contributed by atoms with Crippen LogP contribution in [0.25, 0.3) is 6.08 Å². The predicted octanol–water partition coefficient (Wildman–Crippen LogP) is 4.67. The van der Waals surface area contributed by atoms with Crippen LogP contribution in [-0.2, 0) is 0 Å². The van der Waals surface area contributed by atoms with Crippen molar-refractivity contribution in [2.75, 3.05) is 0 Å². The van der Waals surface area contributed by atoms with Crippen LogP contribution in [0.4, 0.5) is 4.39 Å². The molecule has 15 heavy (non-hydrogen) atoms. The molecule has 0 bridgehead atoms. The molecule has 0 fully saturated rings. The summed E-state index contributed by atoms with van der Waals surface area (Å²) in [5, 5.41) is 0. The summed E-state index contributed by atoms with van der Waals surface area (Å²) in [5.41, 5.74) is 1.42. The number of hydrogen-bond acceptors (Lipinski definition) is 0. The fraction of sp³-hybridized carbons (Fsp3) is 0.429. The first-order chi connectivity index (χ1) is 7.03. The Balaban J connectivity index is 2.55. The van der Waals surface area contributed by atoms with E-state index in [0.29, 0.717) is 5.41 Å². The van der Waals surface area contributed by atoms with Crippen molar-refractivity contribution in [3.8, 4) is 0 Å². The predicted molar refractivity (Wildman–Crippen MR) is 64.1 cm³/mol. The maximum atomic E-state index is 12.6. The molecule has 0 aliphatic heterocycles. The highest BCUT2D eigenvalue weighted by Crippen LogP contribution is 2.25. The summed E-state index contributed by atoms with van der Waals surface area (Å²) >= 11 is 0. The van der Waals surface area contributed by atoms with Gasteiger partial charge in [-0.15, -0.1) is 0 Å². The second-order valence-electron chi connectivity index (χ2n) is 4.68. The zero-order valence-electron chi connectivity index (χ0n) is 9.76. The van der Waals surface area contributed by atoms with E-state index in [1.807, 2.05) is 0 Å². The van der Waals surface area contributed by atoms with Gasteiger partial charge in [0, 0.05) is 0 Å². The normalized spacial score (nSPS) is 12.3. The summed E-state index contributed by atoms with van der Waals surface area (Å²) < 4.78 is 12.6. The van der Waals surface area contributed by atoms with Crippen LogP contribution >= 0.6 is 0 Å². The van der Waals surface area contributed by atoms with Crippen LogP contribution < -0.4 is 0 Å². The summed E-state index contributed by atoms with van der Waals surface area (Å²) in [6.45, 7) is 6.70. The van der Waals surface area contributed by atoms with Gasteiger partial charge in [0.1, 0.15) is 5.82 Å². The molecule has 0 radical (unpaired) electrons. The molecule has 0 aliphatic carbocycles. The van der Waals surface area contributed by atoms with Crippen LogP contribution in [0.2, 0.25) is 0 Å². The second-order valence-corrected chi connectivity index (χ2v) is 4.68. The summed E-state index contributed by atoms with van der Waals surface area (Å²) in [7, 11) is 0.